The van der Waals surface area contributed by atoms with Gasteiger partial charge in [-0.2, -0.15) is 0 Å². The quantitative estimate of drug-likeness (QED) is 0.699. The van der Waals surface area contributed by atoms with Crippen LogP contribution in [-0.2, 0) is 27.2 Å². The van der Waals surface area contributed by atoms with Crippen LogP contribution in [0, 0.1) is 0 Å². The minimum absolute atomic E-state index is 0.259. The van der Waals surface area contributed by atoms with Gasteiger partial charge in [0.05, 0.1) is 0 Å². The molecule has 0 aromatic heterocycles. The Hall–Kier alpha value is -2.62. The van der Waals surface area contributed by atoms with E-state index in [0.717, 1.165) is 24.8 Å². The highest BCUT2D eigenvalue weighted by Crippen LogP contribution is 2.12. The van der Waals surface area contributed by atoms with Crippen molar-refractivity contribution in [3.63, 3.8) is 0 Å². The Morgan fingerprint density at radius 2 is 1.60 bits per heavy atom. The number of aryl methyl sites for hydroxylation is 2. The summed E-state index contributed by atoms with van der Waals surface area (Å²) >= 11 is 0. The van der Waals surface area contributed by atoms with Gasteiger partial charge in [0.25, 0.3) is 5.91 Å². The van der Waals surface area contributed by atoms with Crippen molar-refractivity contribution in [3.05, 3.63) is 65.7 Å². The van der Waals surface area contributed by atoms with Crippen LogP contribution in [0.4, 0.5) is 5.69 Å². The van der Waals surface area contributed by atoms with E-state index in [0.29, 0.717) is 12.1 Å². The highest BCUT2D eigenvalue weighted by Gasteiger charge is 2.08. The van der Waals surface area contributed by atoms with Crippen molar-refractivity contribution in [3.8, 4) is 0 Å². The average Bonchev–Trinajstić information content (AvgIpc) is 2.65. The van der Waals surface area contributed by atoms with E-state index >= 15 is 0 Å². The lowest BCUT2D eigenvalue weighted by molar-refractivity contribution is -0.147. The van der Waals surface area contributed by atoms with Gasteiger partial charge in [0.1, 0.15) is 0 Å². The zero-order valence-electron chi connectivity index (χ0n) is 14.7. The zero-order valence-corrected chi connectivity index (χ0v) is 14.7. The first-order chi connectivity index (χ1) is 12.2. The van der Waals surface area contributed by atoms with E-state index in [9.17, 15) is 9.59 Å². The molecule has 0 aliphatic carbocycles. The molecule has 0 fully saturated rings. The Morgan fingerprint density at radius 3 is 2.28 bits per heavy atom. The Bertz CT molecular complexity index is 665. The number of carbonyl (C=O) groups excluding carboxylic acids is 2. The Labute approximate surface area is 149 Å². The molecule has 4 heteroatoms. The van der Waals surface area contributed by atoms with E-state index in [4.69, 9.17) is 4.74 Å². The number of nitrogens with one attached hydrogen (secondary N) is 1. The topological polar surface area (TPSA) is 55.4 Å². The van der Waals surface area contributed by atoms with E-state index in [1.54, 1.807) is 0 Å². The molecule has 0 saturated heterocycles. The summed E-state index contributed by atoms with van der Waals surface area (Å²) in [6.07, 6.45) is 4.24. The molecule has 1 N–H and O–H groups in total. The molecule has 25 heavy (non-hydrogen) atoms. The molecule has 2 aromatic carbocycles. The van der Waals surface area contributed by atoms with Crippen molar-refractivity contribution in [1.29, 1.82) is 0 Å². The van der Waals surface area contributed by atoms with Crippen molar-refractivity contribution in [1.82, 2.24) is 0 Å². The predicted octanol–water partition coefficient (Wildman–Crippen LogP) is 4.14. The molecule has 0 bridgehead atoms. The van der Waals surface area contributed by atoms with Gasteiger partial charge in [-0.3, -0.25) is 9.59 Å². The molecule has 132 valence electrons. The summed E-state index contributed by atoms with van der Waals surface area (Å²) in [4.78, 5) is 23.6. The second-order valence-electron chi connectivity index (χ2n) is 5.99. The molecule has 4 nitrogen and oxygen atoms in total. The lowest BCUT2D eigenvalue weighted by atomic mass is 10.1. The normalized spacial score (nSPS) is 10.3. The molecule has 0 saturated carbocycles. The maximum Gasteiger partial charge on any atom is 0.306 e. The lowest BCUT2D eigenvalue weighted by Crippen LogP contribution is -2.21. The SMILES string of the molecule is CCCCc1ccc(NC(=O)COC(=O)CCc2ccccc2)cc1. The number of ether oxygens (including phenoxy) is 1. The summed E-state index contributed by atoms with van der Waals surface area (Å²) in [5, 5.41) is 2.74. The number of esters is 1. The van der Waals surface area contributed by atoms with Gasteiger partial charge in [-0.25, -0.2) is 0 Å². The standard InChI is InChI=1S/C21H25NO3/c1-2-3-7-18-10-13-19(14-11-18)22-20(23)16-25-21(24)15-12-17-8-5-4-6-9-17/h4-6,8-11,13-14H,2-3,7,12,15-16H2,1H3,(H,22,23). The first kappa shape index (κ1) is 18.7. The van der Waals surface area contributed by atoms with Gasteiger partial charge in [-0.05, 0) is 42.5 Å². The van der Waals surface area contributed by atoms with Crippen molar-refractivity contribution < 1.29 is 14.3 Å². The van der Waals surface area contributed by atoms with Crippen molar-refractivity contribution >= 4 is 17.6 Å². The second kappa shape index (κ2) is 10.3. The van der Waals surface area contributed by atoms with Crippen molar-refractivity contribution in [2.75, 3.05) is 11.9 Å². The third-order valence-corrected chi connectivity index (χ3v) is 3.88. The van der Waals surface area contributed by atoms with Crippen LogP contribution in [0.1, 0.15) is 37.3 Å². The summed E-state index contributed by atoms with van der Waals surface area (Å²) in [5.74, 6) is -0.691. The molecule has 0 heterocycles. The fourth-order valence-electron chi connectivity index (χ4n) is 2.44. The molecule has 0 atom stereocenters. The van der Waals surface area contributed by atoms with E-state index < -0.39 is 0 Å². The van der Waals surface area contributed by atoms with Crippen LogP contribution in [0.3, 0.4) is 0 Å². The molecule has 0 aliphatic heterocycles. The predicted molar refractivity (Wildman–Crippen MR) is 99.4 cm³/mol. The van der Waals surface area contributed by atoms with Gasteiger partial charge in [0.15, 0.2) is 6.61 Å². The summed E-state index contributed by atoms with van der Waals surface area (Å²) < 4.78 is 5.02. The summed E-state index contributed by atoms with van der Waals surface area (Å²) in [7, 11) is 0. The fourth-order valence-corrected chi connectivity index (χ4v) is 2.44. The molecular weight excluding hydrogens is 314 g/mol. The van der Waals surface area contributed by atoms with Crippen LogP contribution >= 0.6 is 0 Å². The lowest BCUT2D eigenvalue weighted by Gasteiger charge is -2.08. The number of amides is 1. The first-order valence-electron chi connectivity index (χ1n) is 8.75. The van der Waals surface area contributed by atoms with Crippen molar-refractivity contribution in [2.24, 2.45) is 0 Å². The number of hydrogen-bond acceptors (Lipinski definition) is 3. The third-order valence-electron chi connectivity index (χ3n) is 3.88. The van der Waals surface area contributed by atoms with Crippen LogP contribution in [0.5, 0.6) is 0 Å². The molecule has 1 amide bonds. The van der Waals surface area contributed by atoms with Gasteiger partial charge in [-0.1, -0.05) is 55.8 Å². The molecule has 0 unspecified atom stereocenters. The van der Waals surface area contributed by atoms with Gasteiger partial charge >= 0.3 is 5.97 Å². The first-order valence-corrected chi connectivity index (χ1v) is 8.75. The Morgan fingerprint density at radius 1 is 0.920 bits per heavy atom. The second-order valence-corrected chi connectivity index (χ2v) is 5.99. The van der Waals surface area contributed by atoms with Crippen LogP contribution < -0.4 is 5.32 Å². The van der Waals surface area contributed by atoms with E-state index in [1.165, 1.54) is 5.56 Å². The number of rotatable bonds is 9. The molecule has 2 rings (SSSR count). The van der Waals surface area contributed by atoms with Crippen LogP contribution in [-0.4, -0.2) is 18.5 Å². The molecule has 0 spiro atoms. The van der Waals surface area contributed by atoms with Crippen LogP contribution in [0.25, 0.3) is 0 Å². The van der Waals surface area contributed by atoms with E-state index in [-0.39, 0.29) is 24.9 Å². The Kier molecular flexibility index (Phi) is 7.70. The maximum absolute atomic E-state index is 11.9. The van der Waals surface area contributed by atoms with Gasteiger partial charge in [0.2, 0.25) is 0 Å². The number of hydrogen-bond donors (Lipinski definition) is 1. The summed E-state index contributed by atoms with van der Waals surface area (Å²) in [6.45, 7) is 1.90. The van der Waals surface area contributed by atoms with Crippen LogP contribution in [0.15, 0.2) is 54.6 Å². The Balaban J connectivity index is 1.68. The van der Waals surface area contributed by atoms with Gasteiger partial charge in [0, 0.05) is 12.1 Å². The average molecular weight is 339 g/mol. The molecule has 2 aromatic rings. The smallest absolute Gasteiger partial charge is 0.306 e. The minimum Gasteiger partial charge on any atom is -0.456 e. The number of carbonyl (C=O) groups is 2. The maximum atomic E-state index is 11.9. The highest BCUT2D eigenvalue weighted by atomic mass is 16.5. The van der Waals surface area contributed by atoms with Gasteiger partial charge < -0.3 is 10.1 Å². The summed E-state index contributed by atoms with van der Waals surface area (Å²) in [5.41, 5.74) is 3.05. The number of anilines is 1. The number of unbranched alkanes of at least 4 members (excludes halogenated alkanes) is 1. The number of benzene rings is 2. The summed E-state index contributed by atoms with van der Waals surface area (Å²) in [6, 6.07) is 17.5. The molecular formula is C21H25NO3. The fraction of sp³-hybridized carbons (Fsp3) is 0.333. The largest absolute Gasteiger partial charge is 0.456 e. The van der Waals surface area contributed by atoms with Crippen molar-refractivity contribution in [2.45, 2.75) is 39.0 Å². The zero-order chi connectivity index (χ0) is 17.9. The van der Waals surface area contributed by atoms with Gasteiger partial charge in [-0.15, -0.1) is 0 Å². The third kappa shape index (κ3) is 7.21. The monoisotopic (exact) mass is 339 g/mol. The highest BCUT2D eigenvalue weighted by molar-refractivity contribution is 5.92. The van der Waals surface area contributed by atoms with E-state index in [1.807, 2.05) is 54.6 Å². The minimum atomic E-state index is -0.367. The molecule has 0 aliphatic rings. The van der Waals surface area contributed by atoms with Crippen LogP contribution in [0.2, 0.25) is 0 Å². The molecule has 0 radical (unpaired) electrons. The van der Waals surface area contributed by atoms with E-state index in [2.05, 4.69) is 12.2 Å².